The summed E-state index contributed by atoms with van der Waals surface area (Å²) in [7, 11) is 0. The van der Waals surface area contributed by atoms with Crippen molar-refractivity contribution in [3.8, 4) is 11.5 Å². The number of hydrogen-bond acceptors (Lipinski definition) is 8. The molecule has 9 heteroatoms. The van der Waals surface area contributed by atoms with E-state index in [4.69, 9.17) is 14.2 Å². The minimum atomic E-state index is -1.08. The first-order valence-electron chi connectivity index (χ1n) is 11.3. The van der Waals surface area contributed by atoms with Crippen molar-refractivity contribution in [2.24, 2.45) is 5.92 Å². The summed E-state index contributed by atoms with van der Waals surface area (Å²) >= 11 is 0. The predicted molar refractivity (Wildman–Crippen MR) is 121 cm³/mol. The number of hydrogen-bond donors (Lipinski definition) is 2. The fraction of sp³-hybridized carbons (Fsp3) is 0.583. The topological polar surface area (TPSA) is 128 Å². The number of rotatable bonds is 14. The highest BCUT2D eigenvalue weighted by Gasteiger charge is 2.21. The van der Waals surface area contributed by atoms with E-state index in [2.05, 4.69) is 5.32 Å². The van der Waals surface area contributed by atoms with Crippen molar-refractivity contribution < 1.29 is 38.5 Å². The van der Waals surface area contributed by atoms with E-state index >= 15 is 0 Å². The van der Waals surface area contributed by atoms with Gasteiger partial charge in [-0.25, -0.2) is 0 Å². The molecule has 0 saturated carbocycles. The van der Waals surface area contributed by atoms with Gasteiger partial charge in [0, 0.05) is 25.8 Å². The van der Waals surface area contributed by atoms with Crippen molar-refractivity contribution in [2.75, 3.05) is 6.54 Å². The van der Waals surface area contributed by atoms with Crippen LogP contribution in [-0.2, 0) is 30.3 Å². The van der Waals surface area contributed by atoms with Crippen molar-refractivity contribution >= 4 is 23.9 Å². The van der Waals surface area contributed by atoms with Gasteiger partial charge in [-0.3, -0.25) is 19.2 Å². The van der Waals surface area contributed by atoms with Crippen LogP contribution in [0.4, 0.5) is 0 Å². The Morgan fingerprint density at radius 2 is 1.55 bits per heavy atom. The van der Waals surface area contributed by atoms with Gasteiger partial charge in [0.2, 0.25) is 0 Å². The summed E-state index contributed by atoms with van der Waals surface area (Å²) in [6, 6.07) is 3.59. The number of benzene rings is 1. The van der Waals surface area contributed by atoms with E-state index in [0.717, 1.165) is 6.42 Å². The second-order valence-corrected chi connectivity index (χ2v) is 8.17. The van der Waals surface area contributed by atoms with Gasteiger partial charge < -0.3 is 24.6 Å². The molecule has 0 aromatic heterocycles. The monoisotopic (exact) mass is 465 g/mol. The quantitative estimate of drug-likeness (QED) is 0.314. The van der Waals surface area contributed by atoms with Gasteiger partial charge in [0.1, 0.15) is 12.1 Å². The summed E-state index contributed by atoms with van der Waals surface area (Å²) in [6.07, 6.45) is 0.891. The van der Waals surface area contributed by atoms with E-state index in [1.165, 1.54) is 12.1 Å². The Morgan fingerprint density at radius 3 is 2.09 bits per heavy atom. The molecule has 0 spiro atoms. The van der Waals surface area contributed by atoms with Crippen LogP contribution in [0.15, 0.2) is 18.2 Å². The number of nitrogens with one attached hydrogen (secondary N) is 1. The van der Waals surface area contributed by atoms with Crippen LogP contribution >= 0.6 is 0 Å². The smallest absolute Gasteiger partial charge is 0.321 e. The largest absolute Gasteiger partial charge is 0.480 e. The SMILES string of the molecule is CCC(=O)Oc1ccc(C[C@H](NCC(C)OC(=O)CCC(C)C)C(=O)O)cc1OC(=O)CC. The number of carbonyl (C=O) groups is 4. The molecule has 0 amide bonds. The fourth-order valence-corrected chi connectivity index (χ4v) is 2.76. The summed E-state index contributed by atoms with van der Waals surface area (Å²) < 4.78 is 15.8. The molecule has 0 bridgehead atoms. The van der Waals surface area contributed by atoms with Crippen LogP contribution in [-0.4, -0.2) is 47.7 Å². The minimum Gasteiger partial charge on any atom is -0.480 e. The Balaban J connectivity index is 2.84. The lowest BCUT2D eigenvalue weighted by atomic mass is 10.0. The first-order chi connectivity index (χ1) is 15.5. The van der Waals surface area contributed by atoms with E-state index < -0.39 is 30.1 Å². The van der Waals surface area contributed by atoms with Gasteiger partial charge in [-0.2, -0.15) is 0 Å². The average molecular weight is 466 g/mol. The van der Waals surface area contributed by atoms with Gasteiger partial charge in [0.15, 0.2) is 11.5 Å². The molecule has 33 heavy (non-hydrogen) atoms. The third-order valence-electron chi connectivity index (χ3n) is 4.68. The number of aliphatic carboxylic acids is 1. The van der Waals surface area contributed by atoms with Crippen molar-refractivity contribution in [3.05, 3.63) is 23.8 Å². The summed E-state index contributed by atoms with van der Waals surface area (Å²) in [6.45, 7) is 9.16. The first-order valence-corrected chi connectivity index (χ1v) is 11.3. The number of carbonyl (C=O) groups excluding carboxylic acids is 3. The molecular formula is C24H35NO8. The van der Waals surface area contributed by atoms with Gasteiger partial charge in [-0.05, 0) is 43.4 Å². The number of ether oxygens (including phenoxy) is 3. The van der Waals surface area contributed by atoms with Crippen LogP contribution in [0, 0.1) is 5.92 Å². The summed E-state index contributed by atoms with van der Waals surface area (Å²) in [4.78, 5) is 47.0. The molecule has 1 aromatic rings. The lowest BCUT2D eigenvalue weighted by molar-refractivity contribution is -0.148. The second kappa shape index (κ2) is 14.3. The molecule has 1 aromatic carbocycles. The minimum absolute atomic E-state index is 0.0535. The standard InChI is InChI=1S/C24H35NO8/c1-6-21(26)32-19-10-9-17(13-20(19)33-22(27)7-2)12-18(24(29)30)25-14-16(5)31-23(28)11-8-15(3)4/h9-10,13,15-16,18,25H,6-8,11-12,14H2,1-5H3,(H,29,30)/t16?,18-/m0/s1. The maximum absolute atomic E-state index is 11.9. The van der Waals surface area contributed by atoms with Gasteiger partial charge in [0.25, 0.3) is 0 Å². The van der Waals surface area contributed by atoms with E-state index in [9.17, 15) is 24.3 Å². The Kier molecular flexibility index (Phi) is 12.1. The van der Waals surface area contributed by atoms with Crippen molar-refractivity contribution in [3.63, 3.8) is 0 Å². The lowest BCUT2D eigenvalue weighted by Gasteiger charge is -2.19. The maximum Gasteiger partial charge on any atom is 0.321 e. The van der Waals surface area contributed by atoms with Crippen LogP contribution in [0.1, 0.15) is 65.9 Å². The zero-order valence-corrected chi connectivity index (χ0v) is 20.0. The highest BCUT2D eigenvalue weighted by Crippen LogP contribution is 2.30. The molecule has 0 saturated heterocycles. The third kappa shape index (κ3) is 11.0. The summed E-state index contributed by atoms with van der Waals surface area (Å²) in [5.41, 5.74) is 0.562. The number of carboxylic acid groups (broad SMARTS) is 1. The van der Waals surface area contributed by atoms with Crippen molar-refractivity contribution in [2.45, 2.75) is 78.9 Å². The Labute approximate surface area is 194 Å². The van der Waals surface area contributed by atoms with E-state index in [1.807, 2.05) is 13.8 Å². The fourth-order valence-electron chi connectivity index (χ4n) is 2.76. The number of esters is 3. The molecule has 2 N–H and O–H groups in total. The van der Waals surface area contributed by atoms with Crippen LogP contribution < -0.4 is 14.8 Å². The highest BCUT2D eigenvalue weighted by atomic mass is 16.6. The molecule has 0 aliphatic heterocycles. The normalized spacial score (nSPS) is 12.7. The van der Waals surface area contributed by atoms with Crippen LogP contribution in [0.3, 0.4) is 0 Å². The zero-order valence-electron chi connectivity index (χ0n) is 20.0. The van der Waals surface area contributed by atoms with E-state index in [-0.39, 0.29) is 43.3 Å². The summed E-state index contributed by atoms with van der Waals surface area (Å²) in [5.74, 6) is -1.86. The molecule has 0 fully saturated rings. The molecule has 9 nitrogen and oxygen atoms in total. The highest BCUT2D eigenvalue weighted by molar-refractivity contribution is 5.76. The lowest BCUT2D eigenvalue weighted by Crippen LogP contribution is -2.42. The van der Waals surface area contributed by atoms with Crippen LogP contribution in [0.2, 0.25) is 0 Å². The Hall–Kier alpha value is -2.94. The van der Waals surface area contributed by atoms with Crippen LogP contribution in [0.25, 0.3) is 0 Å². The Bertz CT molecular complexity index is 821. The van der Waals surface area contributed by atoms with Gasteiger partial charge in [0.05, 0.1) is 0 Å². The Morgan fingerprint density at radius 1 is 0.939 bits per heavy atom. The first kappa shape index (κ1) is 28.1. The molecule has 0 radical (unpaired) electrons. The summed E-state index contributed by atoms with van der Waals surface area (Å²) in [5, 5.41) is 12.5. The van der Waals surface area contributed by atoms with Crippen molar-refractivity contribution in [1.29, 1.82) is 0 Å². The molecule has 0 heterocycles. The van der Waals surface area contributed by atoms with Crippen molar-refractivity contribution in [1.82, 2.24) is 5.32 Å². The zero-order chi connectivity index (χ0) is 25.0. The average Bonchev–Trinajstić information content (AvgIpc) is 2.76. The third-order valence-corrected chi connectivity index (χ3v) is 4.68. The molecule has 0 aliphatic carbocycles. The van der Waals surface area contributed by atoms with Gasteiger partial charge in [-0.1, -0.05) is 33.8 Å². The van der Waals surface area contributed by atoms with Crippen LogP contribution in [0.5, 0.6) is 11.5 Å². The molecule has 184 valence electrons. The molecule has 1 unspecified atom stereocenters. The van der Waals surface area contributed by atoms with E-state index in [1.54, 1.807) is 26.8 Å². The predicted octanol–water partition coefficient (Wildman–Crippen LogP) is 3.27. The van der Waals surface area contributed by atoms with E-state index in [0.29, 0.717) is 17.9 Å². The molecule has 0 aliphatic rings. The molecule has 2 atom stereocenters. The second-order valence-electron chi connectivity index (χ2n) is 8.17. The molecular weight excluding hydrogens is 430 g/mol. The molecule has 1 rings (SSSR count). The van der Waals surface area contributed by atoms with Gasteiger partial charge >= 0.3 is 23.9 Å². The maximum atomic E-state index is 11.9. The van der Waals surface area contributed by atoms with Gasteiger partial charge in [-0.15, -0.1) is 0 Å². The number of carboxylic acids is 1.